The first-order valence-corrected chi connectivity index (χ1v) is 7.11. The first-order valence-electron chi connectivity index (χ1n) is 6.32. The Morgan fingerprint density at radius 2 is 2.28 bits per heavy atom. The predicted octanol–water partition coefficient (Wildman–Crippen LogP) is 1.07. The first kappa shape index (κ1) is 13.5. The van der Waals surface area contributed by atoms with Crippen LogP contribution in [-0.2, 0) is 24.8 Å². The van der Waals surface area contributed by atoms with Gasteiger partial charge in [-0.15, -0.1) is 0 Å². The molecule has 0 aliphatic carbocycles. The second-order valence-corrected chi connectivity index (χ2v) is 5.32. The average molecular weight is 315 g/mol. The Morgan fingerprint density at radius 1 is 1.50 bits per heavy atom. The van der Waals surface area contributed by atoms with Crippen LogP contribution in [0, 0.1) is 0 Å². The van der Waals surface area contributed by atoms with Crippen LogP contribution in [0.25, 0.3) is 0 Å². The highest BCUT2D eigenvalue weighted by Gasteiger charge is 2.20. The molecule has 1 aromatic rings. The number of carbonyl (C=O) groups excluding carboxylic acids is 1. The Bertz CT molecular complexity index is 444. The second-order valence-electron chi connectivity index (χ2n) is 4.53. The van der Waals surface area contributed by atoms with Gasteiger partial charge in [0.15, 0.2) is 0 Å². The van der Waals surface area contributed by atoms with Crippen LogP contribution in [0.5, 0.6) is 0 Å². The molecule has 2 heterocycles. The number of aryl methyl sites for hydroxylation is 2. The van der Waals surface area contributed by atoms with Gasteiger partial charge in [-0.2, -0.15) is 5.10 Å². The number of hydrogen-bond acceptors (Lipinski definition) is 3. The van der Waals surface area contributed by atoms with Crippen molar-refractivity contribution in [1.29, 1.82) is 0 Å². The third-order valence-electron chi connectivity index (χ3n) is 3.25. The van der Waals surface area contributed by atoms with Crippen molar-refractivity contribution in [2.75, 3.05) is 19.6 Å². The van der Waals surface area contributed by atoms with E-state index in [4.69, 9.17) is 0 Å². The van der Waals surface area contributed by atoms with Crippen molar-refractivity contribution >= 4 is 21.8 Å². The molecule has 0 bridgehead atoms. The van der Waals surface area contributed by atoms with E-state index >= 15 is 0 Å². The van der Waals surface area contributed by atoms with Crippen molar-refractivity contribution in [3.05, 3.63) is 15.9 Å². The minimum Gasteiger partial charge on any atom is -0.336 e. The summed E-state index contributed by atoms with van der Waals surface area (Å²) in [4.78, 5) is 13.8. The molecule has 1 aromatic heterocycles. The second kappa shape index (κ2) is 5.84. The van der Waals surface area contributed by atoms with Crippen molar-refractivity contribution in [2.45, 2.75) is 26.3 Å². The number of aromatic nitrogens is 2. The zero-order valence-electron chi connectivity index (χ0n) is 10.9. The minimum atomic E-state index is 0.165. The molecule has 2 rings (SSSR count). The van der Waals surface area contributed by atoms with Crippen LogP contribution < -0.4 is 5.32 Å². The monoisotopic (exact) mass is 314 g/mol. The summed E-state index contributed by atoms with van der Waals surface area (Å²) in [5, 5.41) is 7.59. The summed E-state index contributed by atoms with van der Waals surface area (Å²) in [6.45, 7) is 4.87. The lowest BCUT2D eigenvalue weighted by Gasteiger charge is -2.20. The van der Waals surface area contributed by atoms with Gasteiger partial charge in [0.2, 0.25) is 5.91 Å². The van der Waals surface area contributed by atoms with Crippen molar-refractivity contribution in [3.8, 4) is 0 Å². The number of amides is 1. The summed E-state index contributed by atoms with van der Waals surface area (Å²) >= 11 is 3.59. The predicted molar refractivity (Wildman–Crippen MR) is 73.2 cm³/mol. The maximum atomic E-state index is 11.9. The normalized spacial score (nSPS) is 17.1. The Balaban J connectivity index is 2.17. The molecular weight excluding hydrogens is 296 g/mol. The minimum absolute atomic E-state index is 0.165. The molecule has 18 heavy (non-hydrogen) atoms. The molecule has 1 fully saturated rings. The van der Waals surface area contributed by atoms with Gasteiger partial charge < -0.3 is 10.2 Å². The van der Waals surface area contributed by atoms with E-state index in [1.165, 1.54) is 0 Å². The fraction of sp³-hybridized carbons (Fsp3) is 0.667. The number of carbonyl (C=O) groups is 1. The molecule has 1 aliphatic heterocycles. The topological polar surface area (TPSA) is 50.2 Å². The summed E-state index contributed by atoms with van der Waals surface area (Å²) in [5.41, 5.74) is 2.12. The Labute approximate surface area is 116 Å². The molecule has 0 atom stereocenters. The average Bonchev–Trinajstić information content (AvgIpc) is 2.52. The number of hydrogen-bond donors (Lipinski definition) is 1. The number of nitrogens with zero attached hydrogens (tertiary/aromatic N) is 3. The smallest absolute Gasteiger partial charge is 0.236 e. The molecule has 0 aromatic carbocycles. The SMILES string of the molecule is CCc1nn(C)c(CN2CCCNCC2=O)c1Br. The van der Waals surface area contributed by atoms with Gasteiger partial charge in [-0.1, -0.05) is 6.92 Å². The maximum absolute atomic E-state index is 11.9. The van der Waals surface area contributed by atoms with Crippen LogP contribution in [0.2, 0.25) is 0 Å². The largest absolute Gasteiger partial charge is 0.336 e. The van der Waals surface area contributed by atoms with Crippen LogP contribution in [0.3, 0.4) is 0 Å². The van der Waals surface area contributed by atoms with Crippen LogP contribution in [0.15, 0.2) is 4.47 Å². The summed E-state index contributed by atoms with van der Waals surface area (Å²) in [6.07, 6.45) is 1.89. The van der Waals surface area contributed by atoms with Crippen LogP contribution in [0.4, 0.5) is 0 Å². The van der Waals surface area contributed by atoms with E-state index in [1.807, 2.05) is 16.6 Å². The van der Waals surface area contributed by atoms with E-state index in [0.29, 0.717) is 13.1 Å². The molecule has 5 nitrogen and oxygen atoms in total. The summed E-state index contributed by atoms with van der Waals surface area (Å²) < 4.78 is 2.91. The summed E-state index contributed by atoms with van der Waals surface area (Å²) in [6, 6.07) is 0. The van der Waals surface area contributed by atoms with Crippen molar-refractivity contribution in [1.82, 2.24) is 20.0 Å². The highest BCUT2D eigenvalue weighted by molar-refractivity contribution is 9.10. The van der Waals surface area contributed by atoms with E-state index < -0.39 is 0 Å². The molecule has 1 amide bonds. The third-order valence-corrected chi connectivity index (χ3v) is 4.17. The summed E-state index contributed by atoms with van der Waals surface area (Å²) in [5.74, 6) is 0.165. The fourth-order valence-electron chi connectivity index (χ4n) is 2.17. The highest BCUT2D eigenvalue weighted by Crippen LogP contribution is 2.23. The fourth-order valence-corrected chi connectivity index (χ4v) is 2.91. The molecule has 0 spiro atoms. The van der Waals surface area contributed by atoms with Gasteiger partial charge in [0, 0.05) is 13.6 Å². The van der Waals surface area contributed by atoms with Crippen LogP contribution in [0.1, 0.15) is 24.7 Å². The standard InChI is InChI=1S/C12H19BrN4O/c1-3-9-12(13)10(16(2)15-9)8-17-6-4-5-14-7-11(17)18/h14H,3-8H2,1-2H3. The van der Waals surface area contributed by atoms with Gasteiger partial charge >= 0.3 is 0 Å². The Hall–Kier alpha value is -0.880. The molecule has 0 radical (unpaired) electrons. The first-order chi connectivity index (χ1) is 8.63. The van der Waals surface area contributed by atoms with Crippen LogP contribution in [-0.4, -0.2) is 40.2 Å². The summed E-state index contributed by atoms with van der Waals surface area (Å²) in [7, 11) is 1.93. The third kappa shape index (κ3) is 2.75. The van der Waals surface area contributed by atoms with Crippen LogP contribution >= 0.6 is 15.9 Å². The molecule has 6 heteroatoms. The molecule has 100 valence electrons. The molecular formula is C12H19BrN4O. The van der Waals surface area contributed by atoms with Crippen molar-refractivity contribution in [3.63, 3.8) is 0 Å². The number of rotatable bonds is 3. The van der Waals surface area contributed by atoms with E-state index in [1.54, 1.807) is 0 Å². The van der Waals surface area contributed by atoms with Gasteiger partial charge in [-0.25, -0.2) is 0 Å². The van der Waals surface area contributed by atoms with Crippen molar-refractivity contribution < 1.29 is 4.79 Å². The number of nitrogens with one attached hydrogen (secondary N) is 1. The van der Waals surface area contributed by atoms with E-state index in [2.05, 4.69) is 33.3 Å². The number of halogens is 1. The van der Waals surface area contributed by atoms with Gasteiger partial charge in [-0.05, 0) is 35.3 Å². The highest BCUT2D eigenvalue weighted by atomic mass is 79.9. The lowest BCUT2D eigenvalue weighted by Crippen LogP contribution is -2.34. The molecule has 1 aliphatic rings. The molecule has 1 saturated heterocycles. The quantitative estimate of drug-likeness (QED) is 0.908. The molecule has 0 unspecified atom stereocenters. The lowest BCUT2D eigenvalue weighted by atomic mass is 10.3. The molecule has 1 N–H and O–H groups in total. The maximum Gasteiger partial charge on any atom is 0.236 e. The van der Waals surface area contributed by atoms with Gasteiger partial charge in [0.1, 0.15) is 0 Å². The Morgan fingerprint density at radius 3 is 2.94 bits per heavy atom. The van der Waals surface area contributed by atoms with E-state index in [-0.39, 0.29) is 5.91 Å². The molecule has 0 saturated carbocycles. The van der Waals surface area contributed by atoms with E-state index in [9.17, 15) is 4.79 Å². The van der Waals surface area contributed by atoms with E-state index in [0.717, 1.165) is 41.8 Å². The van der Waals surface area contributed by atoms with Gasteiger partial charge in [0.25, 0.3) is 0 Å². The van der Waals surface area contributed by atoms with Gasteiger partial charge in [-0.3, -0.25) is 9.48 Å². The van der Waals surface area contributed by atoms with Gasteiger partial charge in [0.05, 0.1) is 29.0 Å². The van der Waals surface area contributed by atoms with Crippen molar-refractivity contribution in [2.24, 2.45) is 7.05 Å². The lowest BCUT2D eigenvalue weighted by molar-refractivity contribution is -0.130. The Kier molecular flexibility index (Phi) is 4.40. The zero-order valence-corrected chi connectivity index (χ0v) is 12.5. The zero-order chi connectivity index (χ0) is 13.1.